The number of fused-ring (bicyclic) bond motifs is 1. The third-order valence-corrected chi connectivity index (χ3v) is 8.55. The number of carbonyl (C=O) groups excluding carboxylic acids is 1. The largest absolute Gasteiger partial charge is 0.478 e. The molecule has 0 spiro atoms. The Balaban J connectivity index is 1.54. The number of carboxylic acid groups (broad SMARTS) is 1. The number of carboxylic acids is 1. The number of likely N-dealkylation sites (tertiary alicyclic amines) is 1. The molecule has 2 aliphatic carbocycles. The van der Waals surface area contributed by atoms with Crippen LogP contribution in [0, 0.1) is 11.8 Å². The van der Waals surface area contributed by atoms with E-state index in [9.17, 15) is 14.7 Å². The molecule has 0 bridgehead atoms. The SMILES string of the molecule is NC1CCN(C(=O)CCC2CCc3ccc(C(=O)O)cc3C(C3CCCC3)=C2c2ccccc2)CC1. The Morgan fingerprint density at radius 3 is 2.33 bits per heavy atom. The van der Waals surface area contributed by atoms with Crippen LogP contribution in [0.1, 0.15) is 84.8 Å². The van der Waals surface area contributed by atoms with Crippen LogP contribution in [0.15, 0.2) is 48.5 Å². The highest BCUT2D eigenvalue weighted by Crippen LogP contribution is 2.48. The van der Waals surface area contributed by atoms with Gasteiger partial charge in [0.15, 0.2) is 0 Å². The summed E-state index contributed by atoms with van der Waals surface area (Å²) in [5, 5.41) is 9.76. The maximum atomic E-state index is 13.2. The number of carbonyl (C=O) groups is 2. The lowest BCUT2D eigenvalue weighted by Crippen LogP contribution is -2.42. The van der Waals surface area contributed by atoms with Crippen LogP contribution < -0.4 is 5.73 Å². The number of nitrogens with zero attached hydrogens (tertiary/aromatic N) is 1. The zero-order chi connectivity index (χ0) is 25.1. The second kappa shape index (κ2) is 11.0. The molecule has 1 amide bonds. The molecule has 0 radical (unpaired) electrons. The molecule has 1 unspecified atom stereocenters. The molecule has 1 aliphatic heterocycles. The van der Waals surface area contributed by atoms with Crippen molar-refractivity contribution in [3.8, 4) is 0 Å². The molecule has 0 aromatic heterocycles. The van der Waals surface area contributed by atoms with Crippen molar-refractivity contribution in [2.24, 2.45) is 17.6 Å². The first-order valence-corrected chi connectivity index (χ1v) is 13.7. The molecule has 1 atom stereocenters. The molecule has 36 heavy (non-hydrogen) atoms. The molecule has 5 heteroatoms. The Labute approximate surface area is 214 Å². The van der Waals surface area contributed by atoms with Crippen LogP contribution in [0.2, 0.25) is 0 Å². The van der Waals surface area contributed by atoms with Crippen molar-refractivity contribution in [2.45, 2.75) is 70.3 Å². The lowest BCUT2D eigenvalue weighted by Gasteiger charge is -2.31. The number of allylic oxidation sites excluding steroid dienone is 2. The number of hydrogen-bond acceptors (Lipinski definition) is 3. The van der Waals surface area contributed by atoms with Crippen molar-refractivity contribution in [3.05, 3.63) is 70.8 Å². The molecule has 1 saturated carbocycles. The second-order valence-electron chi connectivity index (χ2n) is 10.8. The van der Waals surface area contributed by atoms with E-state index in [4.69, 9.17) is 5.73 Å². The average molecular weight is 487 g/mol. The fourth-order valence-electron chi connectivity index (χ4n) is 6.57. The van der Waals surface area contributed by atoms with Gasteiger partial charge in [-0.1, -0.05) is 49.2 Å². The van der Waals surface area contributed by atoms with E-state index in [-0.39, 0.29) is 17.9 Å². The van der Waals surface area contributed by atoms with Crippen molar-refractivity contribution < 1.29 is 14.7 Å². The minimum absolute atomic E-state index is 0.215. The standard InChI is InChI=1S/C31H38N2O3/c32-26-16-18-33(19-17-26)28(34)15-14-24-12-10-21-11-13-25(31(35)36)20-27(21)30(23-8-4-5-9-23)29(24)22-6-2-1-3-7-22/h1-3,6-7,11,13,20,23-24,26H,4-5,8-10,12,14-19,32H2,(H,35,36). The number of piperidine rings is 1. The fourth-order valence-corrected chi connectivity index (χ4v) is 6.57. The number of aromatic carboxylic acids is 1. The summed E-state index contributed by atoms with van der Waals surface area (Å²) in [5.41, 5.74) is 12.7. The van der Waals surface area contributed by atoms with Crippen LogP contribution >= 0.6 is 0 Å². The maximum Gasteiger partial charge on any atom is 0.335 e. The van der Waals surface area contributed by atoms with Gasteiger partial charge in [-0.2, -0.15) is 0 Å². The van der Waals surface area contributed by atoms with E-state index in [0.717, 1.165) is 63.6 Å². The topological polar surface area (TPSA) is 83.6 Å². The molecule has 2 fully saturated rings. The Hall–Kier alpha value is -2.92. The number of amides is 1. The third kappa shape index (κ3) is 5.27. The van der Waals surface area contributed by atoms with Crippen LogP contribution in [0.5, 0.6) is 0 Å². The number of rotatable bonds is 6. The van der Waals surface area contributed by atoms with Gasteiger partial charge in [0.1, 0.15) is 0 Å². The van der Waals surface area contributed by atoms with E-state index in [2.05, 4.69) is 24.3 Å². The molecular weight excluding hydrogens is 448 g/mol. The first-order chi connectivity index (χ1) is 17.5. The Bertz CT molecular complexity index is 1130. The summed E-state index contributed by atoms with van der Waals surface area (Å²) >= 11 is 0. The van der Waals surface area contributed by atoms with Gasteiger partial charge in [0.25, 0.3) is 0 Å². The average Bonchev–Trinajstić information content (AvgIpc) is 3.37. The van der Waals surface area contributed by atoms with Gasteiger partial charge in [0.2, 0.25) is 5.91 Å². The number of nitrogens with two attached hydrogens (primary N) is 1. The highest BCUT2D eigenvalue weighted by molar-refractivity contribution is 5.97. The lowest BCUT2D eigenvalue weighted by atomic mass is 9.78. The quantitative estimate of drug-likeness (QED) is 0.542. The lowest BCUT2D eigenvalue weighted by molar-refractivity contribution is -0.132. The second-order valence-corrected chi connectivity index (χ2v) is 10.8. The van der Waals surface area contributed by atoms with E-state index < -0.39 is 5.97 Å². The highest BCUT2D eigenvalue weighted by Gasteiger charge is 2.33. The van der Waals surface area contributed by atoms with Gasteiger partial charge in [-0.15, -0.1) is 0 Å². The Kier molecular flexibility index (Phi) is 7.56. The van der Waals surface area contributed by atoms with Gasteiger partial charge < -0.3 is 15.7 Å². The van der Waals surface area contributed by atoms with Crippen molar-refractivity contribution in [1.82, 2.24) is 4.90 Å². The smallest absolute Gasteiger partial charge is 0.335 e. The first kappa shape index (κ1) is 24.8. The van der Waals surface area contributed by atoms with Gasteiger partial charge in [-0.25, -0.2) is 4.79 Å². The molecule has 5 nitrogen and oxygen atoms in total. The van der Waals surface area contributed by atoms with Gasteiger partial charge in [0.05, 0.1) is 5.56 Å². The molecule has 2 aromatic carbocycles. The molecule has 3 N–H and O–H groups in total. The predicted molar refractivity (Wildman–Crippen MR) is 143 cm³/mol. The molecule has 190 valence electrons. The summed E-state index contributed by atoms with van der Waals surface area (Å²) in [6, 6.07) is 16.5. The predicted octanol–water partition coefficient (Wildman–Crippen LogP) is 5.78. The highest BCUT2D eigenvalue weighted by atomic mass is 16.4. The van der Waals surface area contributed by atoms with Crippen molar-refractivity contribution in [2.75, 3.05) is 13.1 Å². The summed E-state index contributed by atoms with van der Waals surface area (Å²) in [6.45, 7) is 1.53. The Morgan fingerprint density at radius 1 is 0.917 bits per heavy atom. The molecular formula is C31H38N2O3. The maximum absolute atomic E-state index is 13.2. The van der Waals surface area contributed by atoms with Gasteiger partial charge in [-0.3, -0.25) is 4.79 Å². The van der Waals surface area contributed by atoms with Crippen LogP contribution in [-0.2, 0) is 11.2 Å². The zero-order valence-electron chi connectivity index (χ0n) is 21.1. The van der Waals surface area contributed by atoms with Crippen molar-refractivity contribution >= 4 is 23.0 Å². The summed E-state index contributed by atoms with van der Waals surface area (Å²) in [5.74, 6) is 0.0617. The monoisotopic (exact) mass is 486 g/mol. The van der Waals surface area contributed by atoms with Crippen LogP contribution in [-0.4, -0.2) is 41.0 Å². The fraction of sp³-hybridized carbons (Fsp3) is 0.484. The summed E-state index contributed by atoms with van der Waals surface area (Å²) in [7, 11) is 0. The van der Waals surface area contributed by atoms with E-state index in [1.165, 1.54) is 35.1 Å². The molecule has 2 aromatic rings. The summed E-state index contributed by atoms with van der Waals surface area (Å²) in [4.78, 5) is 27.1. The van der Waals surface area contributed by atoms with Gasteiger partial charge in [0, 0.05) is 25.6 Å². The molecule has 3 aliphatic rings. The molecule has 1 heterocycles. The summed E-state index contributed by atoms with van der Waals surface area (Å²) < 4.78 is 0. The third-order valence-electron chi connectivity index (χ3n) is 8.55. The zero-order valence-corrected chi connectivity index (χ0v) is 21.1. The minimum Gasteiger partial charge on any atom is -0.478 e. The molecule has 1 saturated heterocycles. The number of aryl methyl sites for hydroxylation is 1. The summed E-state index contributed by atoms with van der Waals surface area (Å²) in [6.07, 6.45) is 9.72. The van der Waals surface area contributed by atoms with Crippen molar-refractivity contribution in [1.29, 1.82) is 0 Å². The van der Waals surface area contributed by atoms with Gasteiger partial charge in [-0.05, 0) is 96.8 Å². The van der Waals surface area contributed by atoms with Crippen LogP contribution in [0.4, 0.5) is 0 Å². The number of benzene rings is 2. The first-order valence-electron chi connectivity index (χ1n) is 13.7. The van der Waals surface area contributed by atoms with Crippen molar-refractivity contribution in [3.63, 3.8) is 0 Å². The van der Waals surface area contributed by atoms with Gasteiger partial charge >= 0.3 is 5.97 Å². The van der Waals surface area contributed by atoms with Crippen LogP contribution in [0.25, 0.3) is 11.1 Å². The van der Waals surface area contributed by atoms with E-state index in [1.807, 2.05) is 23.1 Å². The normalized spacial score (nSPS) is 21.4. The molecule has 5 rings (SSSR count). The van der Waals surface area contributed by atoms with E-state index in [0.29, 0.717) is 17.9 Å². The van der Waals surface area contributed by atoms with E-state index in [1.54, 1.807) is 6.07 Å². The van der Waals surface area contributed by atoms with Crippen LogP contribution in [0.3, 0.4) is 0 Å². The Morgan fingerprint density at radius 2 is 1.64 bits per heavy atom. The number of hydrogen-bond donors (Lipinski definition) is 2. The van der Waals surface area contributed by atoms with E-state index >= 15 is 0 Å². The minimum atomic E-state index is -0.877.